The number of carbonyl (C=O) groups is 1. The largest absolute Gasteiger partial charge is 0.497 e. The summed E-state index contributed by atoms with van der Waals surface area (Å²) in [5.74, 6) is 0.766. The third-order valence-electron chi connectivity index (χ3n) is 2.45. The molecule has 0 unspecified atom stereocenters. The monoisotopic (exact) mass is 230 g/mol. The molecule has 0 saturated carbocycles. The molecule has 0 bridgehead atoms. The van der Waals surface area contributed by atoms with Crippen molar-refractivity contribution in [1.82, 2.24) is 10.2 Å². The van der Waals surface area contributed by atoms with Gasteiger partial charge in [0.15, 0.2) is 0 Å². The number of nitrogens with one attached hydrogen (secondary N) is 1. The van der Waals surface area contributed by atoms with Gasteiger partial charge in [-0.2, -0.15) is 0 Å². The summed E-state index contributed by atoms with van der Waals surface area (Å²) in [6.07, 6.45) is 6.81. The molecule has 1 aliphatic heterocycles. The highest BCUT2D eigenvalue weighted by Crippen LogP contribution is 2.12. The molecule has 0 aromatic heterocycles. The Bertz CT molecular complexity index is 449. The molecule has 4 nitrogen and oxygen atoms in total. The van der Waals surface area contributed by atoms with Crippen LogP contribution in [0, 0.1) is 0 Å². The fourth-order valence-corrected chi connectivity index (χ4v) is 1.48. The normalized spacial score (nSPS) is 14.1. The molecule has 0 fully saturated rings. The van der Waals surface area contributed by atoms with E-state index in [9.17, 15) is 4.79 Å². The first-order valence-electron chi connectivity index (χ1n) is 5.32. The van der Waals surface area contributed by atoms with Gasteiger partial charge in [0.25, 0.3) is 5.91 Å². The van der Waals surface area contributed by atoms with E-state index in [2.05, 4.69) is 5.32 Å². The first-order chi connectivity index (χ1) is 8.29. The van der Waals surface area contributed by atoms with Crippen molar-refractivity contribution >= 4 is 12.0 Å². The molecule has 1 N–H and O–H groups in total. The second-order valence-electron chi connectivity index (χ2n) is 3.59. The SMILES string of the molecule is COc1ccc(/C=C/C(=O)N2C=CNC2)cc1. The highest BCUT2D eigenvalue weighted by Gasteiger charge is 2.09. The minimum absolute atomic E-state index is 0.0398. The van der Waals surface area contributed by atoms with Crippen LogP contribution in [-0.2, 0) is 4.79 Å². The van der Waals surface area contributed by atoms with Crippen LogP contribution in [0.2, 0.25) is 0 Å². The maximum Gasteiger partial charge on any atom is 0.252 e. The standard InChI is InChI=1S/C13H14N2O2/c1-17-12-5-2-11(3-6-12)4-7-13(16)15-9-8-14-10-15/h2-9,14H,10H2,1H3/b7-4+. The molecule has 1 heterocycles. The first-order valence-corrected chi connectivity index (χ1v) is 5.32. The minimum Gasteiger partial charge on any atom is -0.497 e. The number of ether oxygens (including phenoxy) is 1. The van der Waals surface area contributed by atoms with Crippen LogP contribution < -0.4 is 10.1 Å². The number of hydrogen-bond acceptors (Lipinski definition) is 3. The highest BCUT2D eigenvalue weighted by molar-refractivity contribution is 5.92. The topological polar surface area (TPSA) is 41.6 Å². The van der Waals surface area contributed by atoms with Crippen molar-refractivity contribution in [2.45, 2.75) is 0 Å². The first kappa shape index (κ1) is 11.3. The summed E-state index contributed by atoms with van der Waals surface area (Å²) in [4.78, 5) is 13.3. The van der Waals surface area contributed by atoms with E-state index in [1.807, 2.05) is 24.3 Å². The summed E-state index contributed by atoms with van der Waals surface area (Å²) >= 11 is 0. The van der Waals surface area contributed by atoms with Gasteiger partial charge in [0.05, 0.1) is 13.8 Å². The van der Waals surface area contributed by atoms with Crippen molar-refractivity contribution in [2.24, 2.45) is 0 Å². The number of benzene rings is 1. The third kappa shape index (κ3) is 2.87. The fraction of sp³-hybridized carbons (Fsp3) is 0.154. The summed E-state index contributed by atoms with van der Waals surface area (Å²) in [5.41, 5.74) is 0.968. The average Bonchev–Trinajstić information content (AvgIpc) is 2.90. The molecule has 0 aliphatic carbocycles. The van der Waals surface area contributed by atoms with E-state index < -0.39 is 0 Å². The van der Waals surface area contributed by atoms with Gasteiger partial charge in [-0.3, -0.25) is 9.69 Å². The Kier molecular flexibility index (Phi) is 3.45. The zero-order valence-corrected chi connectivity index (χ0v) is 9.59. The summed E-state index contributed by atoms with van der Waals surface area (Å²) in [6, 6.07) is 7.53. The van der Waals surface area contributed by atoms with Crippen LogP contribution in [0.3, 0.4) is 0 Å². The summed E-state index contributed by atoms with van der Waals surface area (Å²) in [7, 11) is 1.63. The zero-order chi connectivity index (χ0) is 12.1. The van der Waals surface area contributed by atoms with Crippen molar-refractivity contribution in [2.75, 3.05) is 13.8 Å². The van der Waals surface area contributed by atoms with Gasteiger partial charge in [-0.1, -0.05) is 12.1 Å². The number of methoxy groups -OCH3 is 1. The smallest absolute Gasteiger partial charge is 0.252 e. The lowest BCUT2D eigenvalue weighted by molar-refractivity contribution is -0.123. The zero-order valence-electron chi connectivity index (χ0n) is 9.59. The Morgan fingerprint density at radius 1 is 1.41 bits per heavy atom. The van der Waals surface area contributed by atoms with E-state index in [0.29, 0.717) is 6.67 Å². The predicted octanol–water partition coefficient (Wildman–Crippen LogP) is 1.57. The third-order valence-corrected chi connectivity index (χ3v) is 2.45. The molecule has 1 aromatic rings. The number of amides is 1. The van der Waals surface area contributed by atoms with Crippen LogP contribution in [-0.4, -0.2) is 24.6 Å². The number of nitrogens with zero attached hydrogens (tertiary/aromatic N) is 1. The Hall–Kier alpha value is -2.23. The molecular formula is C13H14N2O2. The Morgan fingerprint density at radius 2 is 2.18 bits per heavy atom. The predicted molar refractivity (Wildman–Crippen MR) is 66.0 cm³/mol. The van der Waals surface area contributed by atoms with Crippen LogP contribution in [0.4, 0.5) is 0 Å². The number of carbonyl (C=O) groups excluding carboxylic acids is 1. The van der Waals surface area contributed by atoms with Crippen LogP contribution in [0.1, 0.15) is 5.56 Å². The van der Waals surface area contributed by atoms with Crippen molar-refractivity contribution < 1.29 is 9.53 Å². The molecule has 1 amide bonds. The Balaban J connectivity index is 1.99. The lowest BCUT2D eigenvalue weighted by Crippen LogP contribution is -2.25. The van der Waals surface area contributed by atoms with Gasteiger partial charge in [-0.15, -0.1) is 0 Å². The summed E-state index contributed by atoms with van der Waals surface area (Å²) in [6.45, 7) is 0.534. The van der Waals surface area contributed by atoms with E-state index in [0.717, 1.165) is 11.3 Å². The molecule has 0 atom stereocenters. The Labute approximate surface area is 100 Å². The fourth-order valence-electron chi connectivity index (χ4n) is 1.48. The molecule has 2 rings (SSSR count). The van der Waals surface area contributed by atoms with E-state index in [4.69, 9.17) is 4.74 Å². The van der Waals surface area contributed by atoms with Crippen molar-refractivity contribution in [3.8, 4) is 5.75 Å². The average molecular weight is 230 g/mol. The van der Waals surface area contributed by atoms with Gasteiger partial charge in [0.1, 0.15) is 5.75 Å². The molecular weight excluding hydrogens is 216 g/mol. The summed E-state index contributed by atoms with van der Waals surface area (Å²) in [5, 5.41) is 2.94. The van der Waals surface area contributed by atoms with Crippen LogP contribution in [0.5, 0.6) is 5.75 Å². The van der Waals surface area contributed by atoms with E-state index in [1.165, 1.54) is 0 Å². The molecule has 4 heteroatoms. The lowest BCUT2D eigenvalue weighted by atomic mass is 10.2. The second kappa shape index (κ2) is 5.21. The highest BCUT2D eigenvalue weighted by atomic mass is 16.5. The van der Waals surface area contributed by atoms with E-state index >= 15 is 0 Å². The van der Waals surface area contributed by atoms with Crippen LogP contribution >= 0.6 is 0 Å². The van der Waals surface area contributed by atoms with Crippen molar-refractivity contribution in [3.63, 3.8) is 0 Å². The maximum atomic E-state index is 11.7. The molecule has 17 heavy (non-hydrogen) atoms. The molecule has 1 aromatic carbocycles. The van der Waals surface area contributed by atoms with Crippen LogP contribution in [0.15, 0.2) is 42.7 Å². The quantitative estimate of drug-likeness (QED) is 0.801. The minimum atomic E-state index is -0.0398. The molecule has 1 aliphatic rings. The number of hydrogen-bond donors (Lipinski definition) is 1. The van der Waals surface area contributed by atoms with Gasteiger partial charge < -0.3 is 10.1 Å². The molecule has 88 valence electrons. The number of rotatable bonds is 3. The summed E-state index contributed by atoms with van der Waals surface area (Å²) < 4.78 is 5.06. The lowest BCUT2D eigenvalue weighted by Gasteiger charge is -2.08. The van der Waals surface area contributed by atoms with Gasteiger partial charge in [0, 0.05) is 18.5 Å². The van der Waals surface area contributed by atoms with E-state index in [-0.39, 0.29) is 5.91 Å². The van der Waals surface area contributed by atoms with Gasteiger partial charge >= 0.3 is 0 Å². The molecule has 0 spiro atoms. The molecule has 0 radical (unpaired) electrons. The van der Waals surface area contributed by atoms with Gasteiger partial charge in [-0.25, -0.2) is 0 Å². The van der Waals surface area contributed by atoms with E-state index in [1.54, 1.807) is 36.6 Å². The van der Waals surface area contributed by atoms with Gasteiger partial charge in [-0.05, 0) is 23.8 Å². The van der Waals surface area contributed by atoms with Crippen LogP contribution in [0.25, 0.3) is 6.08 Å². The Morgan fingerprint density at radius 3 is 2.76 bits per heavy atom. The van der Waals surface area contributed by atoms with Gasteiger partial charge in [0.2, 0.25) is 0 Å². The van der Waals surface area contributed by atoms with Crippen molar-refractivity contribution in [3.05, 3.63) is 48.3 Å². The molecule has 0 saturated heterocycles. The maximum absolute atomic E-state index is 11.7. The second-order valence-corrected chi connectivity index (χ2v) is 3.59. The van der Waals surface area contributed by atoms with Crippen molar-refractivity contribution in [1.29, 1.82) is 0 Å².